The minimum absolute atomic E-state index is 0. The maximum absolute atomic E-state index is 12.4. The Morgan fingerprint density at radius 1 is 1.41 bits per heavy atom. The highest BCUT2D eigenvalue weighted by Gasteiger charge is 2.26. The fraction of sp³-hybridized carbons (Fsp3) is 0.688. The van der Waals surface area contributed by atoms with Crippen LogP contribution in [0, 0.1) is 5.92 Å². The Bertz CT molecular complexity index is 449. The lowest BCUT2D eigenvalue weighted by atomic mass is 9.93. The maximum Gasteiger partial charge on any atom is 0.222 e. The van der Waals surface area contributed by atoms with Crippen LogP contribution in [0.3, 0.4) is 0 Å². The third-order valence-electron chi connectivity index (χ3n) is 4.50. The highest BCUT2D eigenvalue weighted by molar-refractivity contribution is 7.10. The zero-order valence-corrected chi connectivity index (χ0v) is 14.5. The van der Waals surface area contributed by atoms with Crippen LogP contribution in [0.1, 0.15) is 36.7 Å². The maximum atomic E-state index is 12.4. The van der Waals surface area contributed by atoms with Crippen LogP contribution in [-0.2, 0) is 9.53 Å². The molecule has 3 rings (SSSR count). The number of rotatable bonds is 4. The quantitative estimate of drug-likeness (QED) is 0.913. The molecule has 22 heavy (non-hydrogen) atoms. The molecule has 6 heteroatoms. The van der Waals surface area contributed by atoms with Gasteiger partial charge >= 0.3 is 0 Å². The van der Waals surface area contributed by atoms with Gasteiger partial charge in [-0.3, -0.25) is 4.79 Å². The fourth-order valence-corrected chi connectivity index (χ4v) is 3.94. The summed E-state index contributed by atoms with van der Waals surface area (Å²) in [6.45, 7) is 4.33. The minimum atomic E-state index is 0. The molecule has 0 bridgehead atoms. The van der Waals surface area contributed by atoms with Crippen molar-refractivity contribution in [3.05, 3.63) is 22.4 Å². The van der Waals surface area contributed by atoms with Gasteiger partial charge in [-0.2, -0.15) is 0 Å². The molecule has 1 atom stereocenters. The van der Waals surface area contributed by atoms with Crippen molar-refractivity contribution in [3.63, 3.8) is 0 Å². The molecule has 1 amide bonds. The largest absolute Gasteiger partial charge is 0.369 e. The van der Waals surface area contributed by atoms with Crippen LogP contribution in [0.5, 0.6) is 0 Å². The highest BCUT2D eigenvalue weighted by atomic mass is 35.5. The number of ether oxygens (including phenoxy) is 1. The van der Waals surface area contributed by atoms with Crippen LogP contribution in [0.4, 0.5) is 0 Å². The first kappa shape index (κ1) is 17.7. The number of thiophene rings is 1. The number of piperidine rings is 1. The fourth-order valence-electron chi connectivity index (χ4n) is 3.18. The van der Waals surface area contributed by atoms with E-state index in [9.17, 15) is 4.79 Å². The number of halogens is 1. The molecule has 1 aromatic rings. The van der Waals surface area contributed by atoms with Crippen LogP contribution >= 0.6 is 23.7 Å². The zero-order valence-electron chi connectivity index (χ0n) is 12.8. The SMILES string of the molecule is Cl.O=C(CCC1CCNCC1)N1CCOC(c2cccs2)C1. The summed E-state index contributed by atoms with van der Waals surface area (Å²) >= 11 is 1.71. The van der Waals surface area contributed by atoms with E-state index >= 15 is 0 Å². The molecule has 1 unspecified atom stereocenters. The van der Waals surface area contributed by atoms with Crippen molar-refractivity contribution >= 4 is 29.7 Å². The number of amides is 1. The van der Waals surface area contributed by atoms with Gasteiger partial charge in [0.15, 0.2) is 0 Å². The topological polar surface area (TPSA) is 41.6 Å². The van der Waals surface area contributed by atoms with Gasteiger partial charge in [0, 0.05) is 17.8 Å². The molecule has 3 heterocycles. The molecule has 2 saturated heterocycles. The van der Waals surface area contributed by atoms with E-state index in [2.05, 4.69) is 16.8 Å². The number of hydrogen-bond donors (Lipinski definition) is 1. The van der Waals surface area contributed by atoms with Gasteiger partial charge in [0.1, 0.15) is 6.10 Å². The molecule has 0 aliphatic carbocycles. The van der Waals surface area contributed by atoms with Crippen LogP contribution in [0.2, 0.25) is 0 Å². The van der Waals surface area contributed by atoms with E-state index in [1.165, 1.54) is 17.7 Å². The summed E-state index contributed by atoms with van der Waals surface area (Å²) < 4.78 is 5.81. The third-order valence-corrected chi connectivity index (χ3v) is 5.47. The summed E-state index contributed by atoms with van der Waals surface area (Å²) in [5, 5.41) is 5.44. The number of morpholine rings is 1. The third kappa shape index (κ3) is 4.69. The molecule has 4 nitrogen and oxygen atoms in total. The Morgan fingerprint density at radius 3 is 2.95 bits per heavy atom. The normalized spacial score (nSPS) is 23.1. The molecule has 124 valence electrons. The zero-order chi connectivity index (χ0) is 14.5. The molecule has 2 aliphatic heterocycles. The van der Waals surface area contributed by atoms with Crippen molar-refractivity contribution in [2.45, 2.75) is 31.8 Å². The Hall–Kier alpha value is -0.620. The van der Waals surface area contributed by atoms with E-state index in [1.54, 1.807) is 11.3 Å². The standard InChI is InChI=1S/C16H24N2O2S.ClH/c19-16(4-3-13-5-7-17-8-6-13)18-9-10-20-14(12-18)15-2-1-11-21-15;/h1-2,11,13-14,17H,3-10,12H2;1H. The first-order chi connectivity index (χ1) is 10.3. The second-order valence-corrected chi connectivity index (χ2v) is 6.93. The number of carbonyl (C=O) groups excluding carboxylic acids is 1. The van der Waals surface area contributed by atoms with Crippen LogP contribution in [0.15, 0.2) is 17.5 Å². The summed E-state index contributed by atoms with van der Waals surface area (Å²) in [5.74, 6) is 1.03. The molecule has 0 radical (unpaired) electrons. The van der Waals surface area contributed by atoms with E-state index < -0.39 is 0 Å². The minimum Gasteiger partial charge on any atom is -0.369 e. The molecule has 0 aromatic carbocycles. The number of carbonyl (C=O) groups is 1. The van der Waals surface area contributed by atoms with Gasteiger partial charge in [-0.05, 0) is 49.7 Å². The van der Waals surface area contributed by atoms with Gasteiger partial charge in [-0.25, -0.2) is 0 Å². The molecular formula is C16H25ClN2O2S. The van der Waals surface area contributed by atoms with Crippen molar-refractivity contribution in [1.29, 1.82) is 0 Å². The second kappa shape index (κ2) is 8.87. The lowest BCUT2D eigenvalue weighted by molar-refractivity contribution is -0.139. The van der Waals surface area contributed by atoms with Gasteiger partial charge in [0.2, 0.25) is 5.91 Å². The first-order valence-electron chi connectivity index (χ1n) is 7.96. The van der Waals surface area contributed by atoms with Crippen molar-refractivity contribution in [1.82, 2.24) is 10.2 Å². The van der Waals surface area contributed by atoms with Crippen molar-refractivity contribution in [2.75, 3.05) is 32.8 Å². The molecule has 1 N–H and O–H groups in total. The summed E-state index contributed by atoms with van der Waals surface area (Å²) in [6.07, 6.45) is 4.24. The van der Waals surface area contributed by atoms with Gasteiger partial charge < -0.3 is 15.0 Å². The van der Waals surface area contributed by atoms with E-state index in [1.807, 2.05) is 11.0 Å². The Labute approximate surface area is 142 Å². The molecule has 2 fully saturated rings. The average molecular weight is 345 g/mol. The van der Waals surface area contributed by atoms with E-state index in [0.29, 0.717) is 25.5 Å². The van der Waals surface area contributed by atoms with E-state index in [-0.39, 0.29) is 18.5 Å². The number of nitrogens with one attached hydrogen (secondary N) is 1. The summed E-state index contributed by atoms with van der Waals surface area (Å²) in [6, 6.07) is 4.14. The lowest BCUT2D eigenvalue weighted by Crippen LogP contribution is -2.42. The molecule has 1 aromatic heterocycles. The van der Waals surface area contributed by atoms with Crippen molar-refractivity contribution in [3.8, 4) is 0 Å². The molecule has 2 aliphatic rings. The van der Waals surface area contributed by atoms with E-state index in [0.717, 1.165) is 32.0 Å². The predicted octanol–water partition coefficient (Wildman–Crippen LogP) is 2.85. The highest BCUT2D eigenvalue weighted by Crippen LogP contribution is 2.27. The molecule has 0 spiro atoms. The average Bonchev–Trinajstić information content (AvgIpc) is 3.08. The monoisotopic (exact) mass is 344 g/mol. The molecule has 0 saturated carbocycles. The summed E-state index contributed by atoms with van der Waals surface area (Å²) in [5.41, 5.74) is 0. The van der Waals surface area contributed by atoms with Gasteiger partial charge in [-0.1, -0.05) is 6.07 Å². The van der Waals surface area contributed by atoms with Crippen LogP contribution in [0.25, 0.3) is 0 Å². The molecular weight excluding hydrogens is 320 g/mol. The first-order valence-corrected chi connectivity index (χ1v) is 8.84. The van der Waals surface area contributed by atoms with Gasteiger partial charge in [-0.15, -0.1) is 23.7 Å². The smallest absolute Gasteiger partial charge is 0.222 e. The number of nitrogens with zero attached hydrogens (tertiary/aromatic N) is 1. The Morgan fingerprint density at radius 2 is 2.23 bits per heavy atom. The van der Waals surface area contributed by atoms with E-state index in [4.69, 9.17) is 4.74 Å². The lowest BCUT2D eigenvalue weighted by Gasteiger charge is -2.33. The Balaban J connectivity index is 0.00000176. The number of hydrogen-bond acceptors (Lipinski definition) is 4. The van der Waals surface area contributed by atoms with Crippen LogP contribution in [-0.4, -0.2) is 43.6 Å². The van der Waals surface area contributed by atoms with Gasteiger partial charge in [0.25, 0.3) is 0 Å². The Kier molecular flexibility index (Phi) is 7.15. The van der Waals surface area contributed by atoms with Crippen LogP contribution < -0.4 is 5.32 Å². The van der Waals surface area contributed by atoms with Crippen molar-refractivity contribution in [2.24, 2.45) is 5.92 Å². The van der Waals surface area contributed by atoms with Crippen molar-refractivity contribution < 1.29 is 9.53 Å². The second-order valence-electron chi connectivity index (χ2n) is 5.95. The predicted molar refractivity (Wildman–Crippen MR) is 91.7 cm³/mol. The summed E-state index contributed by atoms with van der Waals surface area (Å²) in [7, 11) is 0. The summed E-state index contributed by atoms with van der Waals surface area (Å²) in [4.78, 5) is 15.6. The van der Waals surface area contributed by atoms with Gasteiger partial charge in [0.05, 0.1) is 13.2 Å².